The predicted octanol–water partition coefficient (Wildman–Crippen LogP) is 2.24. The number of benzene rings is 1. The summed E-state index contributed by atoms with van der Waals surface area (Å²) in [7, 11) is 1.70. The Labute approximate surface area is 137 Å². The van der Waals surface area contributed by atoms with Crippen LogP contribution in [0, 0.1) is 11.6 Å². The molecule has 24 heavy (non-hydrogen) atoms. The molecule has 7 heteroatoms. The van der Waals surface area contributed by atoms with Crippen LogP contribution in [0.25, 0.3) is 0 Å². The van der Waals surface area contributed by atoms with E-state index in [4.69, 9.17) is 0 Å². The zero-order chi connectivity index (χ0) is 17.3. The Morgan fingerprint density at radius 3 is 2.88 bits per heavy atom. The Hall–Kier alpha value is -2.83. The largest absolute Gasteiger partial charge is 0.350 e. The summed E-state index contributed by atoms with van der Waals surface area (Å²) in [5, 5.41) is 2.57. The molecule has 0 saturated heterocycles. The summed E-state index contributed by atoms with van der Waals surface area (Å²) in [6.45, 7) is 0.161. The summed E-state index contributed by atoms with van der Waals surface area (Å²) < 4.78 is 26.5. The van der Waals surface area contributed by atoms with Gasteiger partial charge in [0.15, 0.2) is 11.5 Å². The first-order chi connectivity index (χ1) is 11.5. The maximum atomic E-state index is 13.6. The number of nitrogens with zero attached hydrogens (tertiary/aromatic N) is 2. The number of pyridine rings is 1. The summed E-state index contributed by atoms with van der Waals surface area (Å²) in [6.07, 6.45) is 1.03. The van der Waals surface area contributed by atoms with E-state index < -0.39 is 23.2 Å². The number of fused-ring (bicyclic) bond motifs is 1. The lowest BCUT2D eigenvalue weighted by atomic mass is 9.89. The molecule has 1 unspecified atom stereocenters. The summed E-state index contributed by atoms with van der Waals surface area (Å²) in [5.41, 5.74) is 1.26. The van der Waals surface area contributed by atoms with Crippen LogP contribution in [0.2, 0.25) is 0 Å². The van der Waals surface area contributed by atoms with E-state index in [1.807, 2.05) is 24.3 Å². The maximum absolute atomic E-state index is 13.6. The summed E-state index contributed by atoms with van der Waals surface area (Å²) in [6, 6.07) is 8.03. The van der Waals surface area contributed by atoms with Crippen LogP contribution < -0.4 is 10.2 Å². The molecule has 2 aromatic rings. The van der Waals surface area contributed by atoms with E-state index in [0.29, 0.717) is 6.07 Å². The van der Waals surface area contributed by atoms with Gasteiger partial charge in [0.05, 0.1) is 6.20 Å². The standard InChI is InChI=1S/C17H15F2N3O2/c1-22-14-5-3-2-4-12(14)10(6-15(22)23)8-21-17(24)16-13(19)7-11(18)9-20-16/h2-5,7,9-10H,6,8H2,1H3,(H,21,24). The Bertz CT molecular complexity index is 810. The minimum atomic E-state index is -1.02. The van der Waals surface area contributed by atoms with Crippen LogP contribution in [-0.2, 0) is 4.79 Å². The number of para-hydroxylation sites is 1. The van der Waals surface area contributed by atoms with Gasteiger partial charge in [-0.25, -0.2) is 13.8 Å². The summed E-state index contributed by atoms with van der Waals surface area (Å²) >= 11 is 0. The van der Waals surface area contributed by atoms with Crippen molar-refractivity contribution in [1.82, 2.24) is 10.3 Å². The molecule has 0 spiro atoms. The van der Waals surface area contributed by atoms with Gasteiger partial charge in [-0.15, -0.1) is 0 Å². The number of aromatic nitrogens is 1. The van der Waals surface area contributed by atoms with E-state index >= 15 is 0 Å². The van der Waals surface area contributed by atoms with Crippen molar-refractivity contribution in [1.29, 1.82) is 0 Å². The second-order valence-electron chi connectivity index (χ2n) is 5.61. The van der Waals surface area contributed by atoms with E-state index in [0.717, 1.165) is 17.4 Å². The third-order valence-electron chi connectivity index (χ3n) is 4.06. The zero-order valence-corrected chi connectivity index (χ0v) is 12.9. The Morgan fingerprint density at radius 2 is 2.12 bits per heavy atom. The molecule has 3 rings (SSSR count). The van der Waals surface area contributed by atoms with Gasteiger partial charge < -0.3 is 10.2 Å². The van der Waals surface area contributed by atoms with E-state index in [2.05, 4.69) is 10.3 Å². The van der Waals surface area contributed by atoms with Crippen molar-refractivity contribution < 1.29 is 18.4 Å². The van der Waals surface area contributed by atoms with Crippen molar-refractivity contribution in [2.45, 2.75) is 12.3 Å². The van der Waals surface area contributed by atoms with Crippen LogP contribution >= 0.6 is 0 Å². The van der Waals surface area contributed by atoms with E-state index in [1.165, 1.54) is 0 Å². The van der Waals surface area contributed by atoms with Crippen LogP contribution in [0.4, 0.5) is 14.5 Å². The molecule has 1 atom stereocenters. The highest BCUT2D eigenvalue weighted by atomic mass is 19.1. The molecule has 5 nitrogen and oxygen atoms in total. The zero-order valence-electron chi connectivity index (χ0n) is 12.9. The van der Waals surface area contributed by atoms with Crippen molar-refractivity contribution in [3.63, 3.8) is 0 Å². The Morgan fingerprint density at radius 1 is 1.38 bits per heavy atom. The van der Waals surface area contributed by atoms with Crippen molar-refractivity contribution in [3.8, 4) is 0 Å². The second kappa shape index (κ2) is 6.35. The molecule has 0 fully saturated rings. The molecule has 0 aliphatic carbocycles. The number of nitrogens with one attached hydrogen (secondary N) is 1. The fourth-order valence-electron chi connectivity index (χ4n) is 2.79. The van der Waals surface area contributed by atoms with Crippen molar-refractivity contribution in [3.05, 3.63) is 59.4 Å². The molecule has 0 radical (unpaired) electrons. The smallest absolute Gasteiger partial charge is 0.272 e. The van der Waals surface area contributed by atoms with Gasteiger partial charge in [0.25, 0.3) is 5.91 Å². The molecule has 1 aliphatic heterocycles. The van der Waals surface area contributed by atoms with Gasteiger partial charge in [0.1, 0.15) is 5.82 Å². The van der Waals surface area contributed by atoms with Gasteiger partial charge in [0.2, 0.25) is 5.91 Å². The molecule has 1 aromatic heterocycles. The first-order valence-electron chi connectivity index (χ1n) is 7.42. The minimum Gasteiger partial charge on any atom is -0.350 e. The molecule has 2 heterocycles. The lowest BCUT2D eigenvalue weighted by Gasteiger charge is -2.31. The SMILES string of the molecule is CN1C(=O)CC(CNC(=O)c2ncc(F)cc2F)c2ccccc21. The van der Waals surface area contributed by atoms with Crippen LogP contribution in [0.5, 0.6) is 0 Å². The lowest BCUT2D eigenvalue weighted by molar-refractivity contribution is -0.119. The van der Waals surface area contributed by atoms with Crippen LogP contribution in [0.3, 0.4) is 0 Å². The van der Waals surface area contributed by atoms with Crippen molar-refractivity contribution in [2.24, 2.45) is 0 Å². The van der Waals surface area contributed by atoms with Gasteiger partial charge in [-0.2, -0.15) is 0 Å². The maximum Gasteiger partial charge on any atom is 0.272 e. The van der Waals surface area contributed by atoms with Crippen molar-refractivity contribution in [2.75, 3.05) is 18.5 Å². The number of carbonyl (C=O) groups is 2. The van der Waals surface area contributed by atoms with Crippen LogP contribution in [0.15, 0.2) is 36.5 Å². The fourth-order valence-corrected chi connectivity index (χ4v) is 2.79. The normalized spacial score (nSPS) is 16.7. The molecule has 1 N–H and O–H groups in total. The Kier molecular flexibility index (Phi) is 4.24. The molecule has 1 aromatic carbocycles. The quantitative estimate of drug-likeness (QED) is 0.938. The third-order valence-corrected chi connectivity index (χ3v) is 4.06. The van der Waals surface area contributed by atoms with Gasteiger partial charge in [-0.3, -0.25) is 9.59 Å². The molecule has 1 aliphatic rings. The fraction of sp³-hybridized carbons (Fsp3) is 0.235. The summed E-state index contributed by atoms with van der Waals surface area (Å²) in [4.78, 5) is 29.2. The predicted molar refractivity (Wildman–Crippen MR) is 83.7 cm³/mol. The topological polar surface area (TPSA) is 62.3 Å². The molecular formula is C17H15F2N3O2. The van der Waals surface area contributed by atoms with Gasteiger partial charge in [0, 0.05) is 37.7 Å². The number of hydrogen-bond acceptors (Lipinski definition) is 3. The highest BCUT2D eigenvalue weighted by molar-refractivity contribution is 5.97. The van der Waals surface area contributed by atoms with Gasteiger partial charge in [-0.1, -0.05) is 18.2 Å². The van der Waals surface area contributed by atoms with Crippen LogP contribution in [-0.4, -0.2) is 30.4 Å². The minimum absolute atomic E-state index is 0.0564. The monoisotopic (exact) mass is 331 g/mol. The molecule has 2 amide bonds. The number of anilines is 1. The molecular weight excluding hydrogens is 316 g/mol. The van der Waals surface area contributed by atoms with Crippen LogP contribution in [0.1, 0.15) is 28.4 Å². The average Bonchev–Trinajstić information content (AvgIpc) is 2.56. The van der Waals surface area contributed by atoms with E-state index in [1.54, 1.807) is 11.9 Å². The summed E-state index contributed by atoms with van der Waals surface area (Å²) in [5.74, 6) is -2.88. The van der Waals surface area contributed by atoms with E-state index in [-0.39, 0.29) is 24.8 Å². The molecule has 0 bridgehead atoms. The number of hydrogen-bond donors (Lipinski definition) is 1. The average molecular weight is 331 g/mol. The number of carbonyl (C=O) groups excluding carboxylic acids is 2. The molecule has 124 valence electrons. The number of halogens is 2. The number of rotatable bonds is 3. The highest BCUT2D eigenvalue weighted by Gasteiger charge is 2.29. The number of amides is 2. The third kappa shape index (κ3) is 2.97. The van der Waals surface area contributed by atoms with E-state index in [9.17, 15) is 18.4 Å². The van der Waals surface area contributed by atoms with Gasteiger partial charge in [-0.05, 0) is 11.6 Å². The van der Waals surface area contributed by atoms with Crippen molar-refractivity contribution >= 4 is 17.5 Å². The second-order valence-corrected chi connectivity index (χ2v) is 5.61. The Balaban J connectivity index is 1.76. The first-order valence-corrected chi connectivity index (χ1v) is 7.42. The first kappa shape index (κ1) is 16.0. The molecule has 0 saturated carbocycles. The van der Waals surface area contributed by atoms with Gasteiger partial charge >= 0.3 is 0 Å². The highest BCUT2D eigenvalue weighted by Crippen LogP contribution is 2.34. The lowest BCUT2D eigenvalue weighted by Crippen LogP contribution is -2.38.